The molecule has 0 saturated heterocycles. The van der Waals surface area contributed by atoms with E-state index in [9.17, 15) is 0 Å². The van der Waals surface area contributed by atoms with E-state index in [1.807, 2.05) is 29.0 Å². The smallest absolute Gasteiger partial charge is 0.277 e. The number of thiophene rings is 1. The van der Waals surface area contributed by atoms with Crippen molar-refractivity contribution in [2.75, 3.05) is 0 Å². The molecule has 1 aromatic carbocycles. The summed E-state index contributed by atoms with van der Waals surface area (Å²) in [5.41, 5.74) is 3.23. The van der Waals surface area contributed by atoms with Crippen LogP contribution in [-0.4, -0.2) is 20.3 Å². The largest absolute Gasteiger partial charge is 0.411 e. The average molecular weight is 399 g/mol. The quantitative estimate of drug-likeness (QED) is 0.414. The fourth-order valence-electron chi connectivity index (χ4n) is 2.44. The van der Waals surface area contributed by atoms with Crippen LogP contribution in [0, 0.1) is 0 Å². The summed E-state index contributed by atoms with van der Waals surface area (Å²) in [6, 6.07) is 10.2. The summed E-state index contributed by atoms with van der Waals surface area (Å²) >= 11 is 2.97. The Morgan fingerprint density at radius 2 is 1.85 bits per heavy atom. The second kappa shape index (κ2) is 7.28. The van der Waals surface area contributed by atoms with Crippen molar-refractivity contribution in [3.05, 3.63) is 52.5 Å². The van der Waals surface area contributed by atoms with Gasteiger partial charge in [-0.3, -0.25) is 0 Å². The molecular weight excluding hydrogens is 380 g/mol. The van der Waals surface area contributed by atoms with Gasteiger partial charge in [0.2, 0.25) is 17.6 Å². The summed E-state index contributed by atoms with van der Waals surface area (Å²) in [7, 11) is 0. The lowest BCUT2D eigenvalue weighted by Gasteiger charge is -2.18. The van der Waals surface area contributed by atoms with Crippen molar-refractivity contribution in [3.63, 3.8) is 0 Å². The van der Waals surface area contributed by atoms with E-state index < -0.39 is 0 Å². The third kappa shape index (κ3) is 4.12. The number of benzene rings is 1. The molecule has 3 heterocycles. The minimum Gasteiger partial charge on any atom is -0.411 e. The molecule has 0 aliphatic heterocycles. The molecule has 0 unspecified atom stereocenters. The Balaban J connectivity index is 1.41. The molecule has 3 aromatic heterocycles. The molecule has 0 spiro atoms. The number of aromatic nitrogens is 4. The molecular formula is C19H18N4O2S2. The van der Waals surface area contributed by atoms with Gasteiger partial charge >= 0.3 is 0 Å². The molecule has 27 heavy (non-hydrogen) atoms. The first-order chi connectivity index (χ1) is 13.0. The van der Waals surface area contributed by atoms with Gasteiger partial charge in [-0.05, 0) is 34.6 Å². The van der Waals surface area contributed by atoms with Crippen molar-refractivity contribution in [1.82, 2.24) is 20.3 Å². The van der Waals surface area contributed by atoms with Crippen LogP contribution in [0.5, 0.6) is 0 Å². The van der Waals surface area contributed by atoms with Crippen LogP contribution in [0.25, 0.3) is 22.8 Å². The van der Waals surface area contributed by atoms with Crippen LogP contribution in [-0.2, 0) is 11.2 Å². The summed E-state index contributed by atoms with van der Waals surface area (Å²) < 4.78 is 11.0. The van der Waals surface area contributed by atoms with Crippen LogP contribution in [0.15, 0.2) is 55.3 Å². The van der Waals surface area contributed by atoms with Crippen LogP contribution in [0.2, 0.25) is 0 Å². The third-order valence-electron chi connectivity index (χ3n) is 3.97. The molecule has 0 aliphatic rings. The number of hydrogen-bond donors (Lipinski definition) is 0. The van der Waals surface area contributed by atoms with Crippen LogP contribution in [0.1, 0.15) is 32.2 Å². The summed E-state index contributed by atoms with van der Waals surface area (Å²) in [5.74, 6) is 2.09. The van der Waals surface area contributed by atoms with Crippen molar-refractivity contribution in [2.24, 2.45) is 0 Å². The third-order valence-corrected chi connectivity index (χ3v) is 5.46. The Labute approximate surface area is 165 Å². The van der Waals surface area contributed by atoms with Crippen molar-refractivity contribution in [1.29, 1.82) is 0 Å². The molecule has 138 valence electrons. The van der Waals surface area contributed by atoms with Crippen LogP contribution >= 0.6 is 23.1 Å². The maximum atomic E-state index is 5.75. The van der Waals surface area contributed by atoms with E-state index in [-0.39, 0.29) is 5.41 Å². The van der Waals surface area contributed by atoms with Crippen molar-refractivity contribution >= 4 is 23.1 Å². The van der Waals surface area contributed by atoms with Crippen LogP contribution < -0.4 is 0 Å². The summed E-state index contributed by atoms with van der Waals surface area (Å²) in [6.45, 7) is 6.56. The van der Waals surface area contributed by atoms with E-state index in [0.29, 0.717) is 28.6 Å². The van der Waals surface area contributed by atoms with Crippen LogP contribution in [0.4, 0.5) is 0 Å². The van der Waals surface area contributed by atoms with Gasteiger partial charge in [-0.1, -0.05) is 49.8 Å². The Morgan fingerprint density at radius 3 is 2.56 bits per heavy atom. The molecule has 0 fully saturated rings. The zero-order valence-corrected chi connectivity index (χ0v) is 16.8. The Morgan fingerprint density at radius 1 is 1.04 bits per heavy atom. The van der Waals surface area contributed by atoms with E-state index in [1.165, 1.54) is 17.3 Å². The van der Waals surface area contributed by atoms with Gasteiger partial charge < -0.3 is 8.94 Å². The number of nitrogens with zero attached hydrogens (tertiary/aromatic N) is 4. The lowest BCUT2D eigenvalue weighted by atomic mass is 9.87. The van der Waals surface area contributed by atoms with Gasteiger partial charge in [-0.2, -0.15) is 16.3 Å². The monoisotopic (exact) mass is 398 g/mol. The average Bonchev–Trinajstić information content (AvgIpc) is 3.39. The molecule has 0 amide bonds. The highest BCUT2D eigenvalue weighted by molar-refractivity contribution is 7.98. The SMILES string of the molecule is CC(C)(C)c1ccc(-c2nnc(SCc3nc(-c4ccsc4)no3)o2)cc1. The highest BCUT2D eigenvalue weighted by Crippen LogP contribution is 2.28. The minimum atomic E-state index is 0.111. The minimum absolute atomic E-state index is 0.111. The molecule has 6 nitrogen and oxygen atoms in total. The molecule has 0 bridgehead atoms. The van der Waals surface area contributed by atoms with E-state index in [4.69, 9.17) is 8.94 Å². The molecule has 0 N–H and O–H groups in total. The standard InChI is InChI=1S/C19H18N4O2S2/c1-19(2,3)14-6-4-12(5-7-14)17-21-22-18(24-17)27-11-15-20-16(23-25-15)13-8-9-26-10-13/h4-10H,11H2,1-3H3. The Hall–Kier alpha value is -2.45. The normalized spacial score (nSPS) is 11.8. The van der Waals surface area contributed by atoms with E-state index >= 15 is 0 Å². The van der Waals surface area contributed by atoms with Crippen LogP contribution in [0.3, 0.4) is 0 Å². The fourth-order valence-corrected chi connectivity index (χ4v) is 3.68. The summed E-state index contributed by atoms with van der Waals surface area (Å²) in [5, 5.41) is 16.7. The molecule has 4 rings (SSSR count). The van der Waals surface area contributed by atoms with E-state index in [0.717, 1.165) is 11.1 Å². The van der Waals surface area contributed by atoms with Gasteiger partial charge in [0.25, 0.3) is 5.22 Å². The second-order valence-electron chi connectivity index (χ2n) is 7.01. The highest BCUT2D eigenvalue weighted by Gasteiger charge is 2.16. The maximum absolute atomic E-state index is 5.75. The second-order valence-corrected chi connectivity index (χ2v) is 8.72. The predicted octanol–water partition coefficient (Wildman–Crippen LogP) is 5.44. The lowest BCUT2D eigenvalue weighted by Crippen LogP contribution is -2.10. The molecule has 0 radical (unpaired) electrons. The summed E-state index contributed by atoms with van der Waals surface area (Å²) in [4.78, 5) is 4.38. The van der Waals surface area contributed by atoms with Gasteiger partial charge in [0.1, 0.15) is 0 Å². The molecule has 0 atom stereocenters. The van der Waals surface area contributed by atoms with Gasteiger partial charge in [-0.15, -0.1) is 10.2 Å². The molecule has 0 saturated carbocycles. The van der Waals surface area contributed by atoms with Crippen molar-refractivity contribution in [2.45, 2.75) is 37.2 Å². The summed E-state index contributed by atoms with van der Waals surface area (Å²) in [6.07, 6.45) is 0. The number of thioether (sulfide) groups is 1. The maximum Gasteiger partial charge on any atom is 0.277 e. The molecule has 0 aliphatic carbocycles. The van der Waals surface area contributed by atoms with Crippen molar-refractivity contribution < 1.29 is 8.94 Å². The van der Waals surface area contributed by atoms with Gasteiger partial charge in [0, 0.05) is 16.5 Å². The number of rotatable bonds is 5. The first kappa shape index (κ1) is 17.9. The highest BCUT2D eigenvalue weighted by atomic mass is 32.2. The first-order valence-electron chi connectivity index (χ1n) is 8.41. The Bertz CT molecular complexity index is 1010. The fraction of sp³-hybridized carbons (Fsp3) is 0.263. The van der Waals surface area contributed by atoms with Crippen molar-refractivity contribution in [3.8, 4) is 22.8 Å². The zero-order valence-electron chi connectivity index (χ0n) is 15.2. The molecule has 8 heteroatoms. The topological polar surface area (TPSA) is 77.8 Å². The zero-order chi connectivity index (χ0) is 18.9. The van der Waals surface area contributed by atoms with Gasteiger partial charge in [-0.25, -0.2) is 0 Å². The van der Waals surface area contributed by atoms with Gasteiger partial charge in [0.15, 0.2) is 0 Å². The van der Waals surface area contributed by atoms with E-state index in [1.54, 1.807) is 11.3 Å². The number of hydrogen-bond acceptors (Lipinski definition) is 8. The molecule has 4 aromatic rings. The predicted molar refractivity (Wildman–Crippen MR) is 106 cm³/mol. The Kier molecular flexibility index (Phi) is 4.84. The lowest BCUT2D eigenvalue weighted by molar-refractivity contribution is 0.391. The first-order valence-corrected chi connectivity index (χ1v) is 10.3. The van der Waals surface area contributed by atoms with Gasteiger partial charge in [0.05, 0.1) is 5.75 Å². The van der Waals surface area contributed by atoms with E-state index in [2.05, 4.69) is 53.2 Å².